The maximum absolute atomic E-state index is 6.12. The van der Waals surface area contributed by atoms with Crippen LogP contribution in [-0.2, 0) is 0 Å². The molecule has 0 bridgehead atoms. The lowest BCUT2D eigenvalue weighted by molar-refractivity contribution is 0.340. The molecule has 0 saturated heterocycles. The van der Waals surface area contributed by atoms with Crippen LogP contribution in [-0.4, -0.2) is 13.7 Å². The molecule has 0 radical (unpaired) electrons. The van der Waals surface area contributed by atoms with Gasteiger partial charge in [-0.1, -0.05) is 51.3 Å². The summed E-state index contributed by atoms with van der Waals surface area (Å²) < 4.78 is 6.49. The second-order valence-corrected chi connectivity index (χ2v) is 6.18. The van der Waals surface area contributed by atoms with Gasteiger partial charge < -0.3 is 10.1 Å². The van der Waals surface area contributed by atoms with E-state index in [0.29, 0.717) is 16.7 Å². The lowest BCUT2D eigenvalue weighted by atomic mass is 9.99. The smallest absolute Gasteiger partial charge is 0.120 e. The van der Waals surface area contributed by atoms with E-state index < -0.39 is 0 Å². The molecule has 0 aliphatic heterocycles. The fourth-order valence-corrected chi connectivity index (χ4v) is 3.09. The highest BCUT2D eigenvalue weighted by atomic mass is 79.9. The molecule has 1 N–H and O–H groups in total. The van der Waals surface area contributed by atoms with Crippen LogP contribution in [0.1, 0.15) is 24.1 Å². The van der Waals surface area contributed by atoms with Crippen LogP contribution in [0.25, 0.3) is 0 Å². The molecular formula is C16H16BrCl2NO. The van der Waals surface area contributed by atoms with Crippen LogP contribution in [0.2, 0.25) is 10.0 Å². The quantitative estimate of drug-likeness (QED) is 0.733. The summed E-state index contributed by atoms with van der Waals surface area (Å²) in [5.74, 6) is 0.845. The van der Waals surface area contributed by atoms with Gasteiger partial charge in [0.15, 0.2) is 0 Å². The van der Waals surface area contributed by atoms with Gasteiger partial charge in [0.05, 0.1) is 22.7 Å². The van der Waals surface area contributed by atoms with Crippen molar-refractivity contribution in [1.82, 2.24) is 5.32 Å². The molecule has 0 aliphatic carbocycles. The van der Waals surface area contributed by atoms with Crippen molar-refractivity contribution in [1.29, 1.82) is 0 Å². The number of halogens is 3. The zero-order valence-electron chi connectivity index (χ0n) is 11.8. The molecule has 1 atom stereocenters. The Kier molecular flexibility index (Phi) is 5.94. The number of hydrogen-bond donors (Lipinski definition) is 1. The fourth-order valence-electron chi connectivity index (χ4n) is 2.19. The molecule has 0 heterocycles. The summed E-state index contributed by atoms with van der Waals surface area (Å²) in [6.07, 6.45) is 0. The van der Waals surface area contributed by atoms with E-state index in [1.54, 1.807) is 0 Å². The fraction of sp³-hybridized carbons (Fsp3) is 0.250. The van der Waals surface area contributed by atoms with Crippen molar-refractivity contribution >= 4 is 39.1 Å². The predicted octanol–water partition coefficient (Wildman–Crippen LogP) is 5.46. The molecule has 0 aliphatic rings. The molecule has 2 aromatic rings. The monoisotopic (exact) mass is 387 g/mol. The Morgan fingerprint density at radius 3 is 2.48 bits per heavy atom. The summed E-state index contributed by atoms with van der Waals surface area (Å²) in [6.45, 7) is 2.61. The van der Waals surface area contributed by atoms with Crippen molar-refractivity contribution in [2.45, 2.75) is 13.0 Å². The first-order valence-electron chi connectivity index (χ1n) is 6.61. The highest BCUT2D eigenvalue weighted by Gasteiger charge is 2.16. The lowest BCUT2D eigenvalue weighted by Crippen LogP contribution is -2.18. The van der Waals surface area contributed by atoms with Gasteiger partial charge in [0.2, 0.25) is 0 Å². The Morgan fingerprint density at radius 2 is 1.90 bits per heavy atom. The molecule has 21 heavy (non-hydrogen) atoms. The van der Waals surface area contributed by atoms with Crippen molar-refractivity contribution in [2.75, 3.05) is 13.7 Å². The molecule has 0 aromatic heterocycles. The minimum Gasteiger partial charge on any atom is -0.494 e. The highest BCUT2D eigenvalue weighted by Crippen LogP contribution is 2.33. The zero-order valence-corrected chi connectivity index (χ0v) is 14.9. The Labute approximate surface area is 143 Å². The summed E-state index contributed by atoms with van der Waals surface area (Å²) in [4.78, 5) is 0. The van der Waals surface area contributed by atoms with Gasteiger partial charge in [-0.3, -0.25) is 0 Å². The average molecular weight is 389 g/mol. The van der Waals surface area contributed by atoms with Crippen LogP contribution in [0.15, 0.2) is 40.9 Å². The van der Waals surface area contributed by atoms with E-state index in [1.165, 1.54) is 0 Å². The van der Waals surface area contributed by atoms with E-state index in [4.69, 9.17) is 27.9 Å². The van der Waals surface area contributed by atoms with Crippen molar-refractivity contribution < 1.29 is 4.74 Å². The molecule has 0 fully saturated rings. The Bertz CT molecular complexity index is 634. The second-order valence-electron chi connectivity index (χ2n) is 4.51. The van der Waals surface area contributed by atoms with E-state index in [2.05, 4.69) is 21.2 Å². The maximum Gasteiger partial charge on any atom is 0.120 e. The molecule has 2 aromatic carbocycles. The summed E-state index contributed by atoms with van der Waals surface area (Å²) in [7, 11) is 1.91. The zero-order chi connectivity index (χ0) is 15.4. The van der Waals surface area contributed by atoms with Gasteiger partial charge >= 0.3 is 0 Å². The third-order valence-corrected chi connectivity index (χ3v) is 4.59. The standard InChI is InChI=1S/C16H16BrCl2NO/c1-3-21-11-5-6-12(13(17)9-11)16(20-2)10-4-7-14(18)15(19)8-10/h4-9,16,20H,3H2,1-2H3. The summed E-state index contributed by atoms with van der Waals surface area (Å²) in [5, 5.41) is 4.41. The first kappa shape index (κ1) is 16.6. The van der Waals surface area contributed by atoms with Crippen molar-refractivity contribution in [3.8, 4) is 5.75 Å². The van der Waals surface area contributed by atoms with Crippen molar-refractivity contribution in [3.63, 3.8) is 0 Å². The van der Waals surface area contributed by atoms with Gasteiger partial charge in [0.1, 0.15) is 5.75 Å². The van der Waals surface area contributed by atoms with Gasteiger partial charge in [0.25, 0.3) is 0 Å². The summed E-state index contributed by atoms with van der Waals surface area (Å²) >= 11 is 15.7. The lowest BCUT2D eigenvalue weighted by Gasteiger charge is -2.20. The van der Waals surface area contributed by atoms with Crippen LogP contribution in [0.3, 0.4) is 0 Å². The van der Waals surface area contributed by atoms with Gasteiger partial charge in [-0.05, 0) is 49.4 Å². The molecule has 5 heteroatoms. The Hall–Kier alpha value is -0.740. The van der Waals surface area contributed by atoms with Gasteiger partial charge in [-0.15, -0.1) is 0 Å². The first-order chi connectivity index (χ1) is 10.1. The summed E-state index contributed by atoms with van der Waals surface area (Å²) in [6, 6.07) is 11.7. The molecule has 1 unspecified atom stereocenters. The van der Waals surface area contributed by atoms with Crippen LogP contribution in [0.5, 0.6) is 5.75 Å². The molecule has 112 valence electrons. The highest BCUT2D eigenvalue weighted by molar-refractivity contribution is 9.10. The summed E-state index contributed by atoms with van der Waals surface area (Å²) in [5.41, 5.74) is 2.16. The third-order valence-electron chi connectivity index (χ3n) is 3.16. The molecular weight excluding hydrogens is 373 g/mol. The van der Waals surface area contributed by atoms with Gasteiger partial charge in [-0.25, -0.2) is 0 Å². The number of nitrogens with one attached hydrogen (secondary N) is 1. The van der Waals surface area contributed by atoms with E-state index >= 15 is 0 Å². The van der Waals surface area contributed by atoms with Crippen LogP contribution in [0.4, 0.5) is 0 Å². The van der Waals surface area contributed by atoms with E-state index in [0.717, 1.165) is 21.3 Å². The average Bonchev–Trinajstić information content (AvgIpc) is 2.46. The molecule has 0 saturated carbocycles. The number of rotatable bonds is 5. The molecule has 0 amide bonds. The Morgan fingerprint density at radius 1 is 1.14 bits per heavy atom. The largest absolute Gasteiger partial charge is 0.494 e. The maximum atomic E-state index is 6.12. The number of benzene rings is 2. The van der Waals surface area contributed by atoms with E-state index in [-0.39, 0.29) is 6.04 Å². The van der Waals surface area contributed by atoms with Crippen molar-refractivity contribution in [2.24, 2.45) is 0 Å². The van der Waals surface area contributed by atoms with Crippen molar-refractivity contribution in [3.05, 3.63) is 62.0 Å². The third kappa shape index (κ3) is 3.92. The normalized spacial score (nSPS) is 12.2. The predicted molar refractivity (Wildman–Crippen MR) is 92.7 cm³/mol. The van der Waals surface area contributed by atoms with Crippen LogP contribution in [0, 0.1) is 0 Å². The number of hydrogen-bond acceptors (Lipinski definition) is 2. The number of ether oxygens (including phenoxy) is 1. The first-order valence-corrected chi connectivity index (χ1v) is 8.16. The Balaban J connectivity index is 2.38. The second kappa shape index (κ2) is 7.50. The molecule has 0 spiro atoms. The van der Waals surface area contributed by atoms with Gasteiger partial charge in [0, 0.05) is 4.47 Å². The van der Waals surface area contributed by atoms with E-state index in [1.807, 2.05) is 50.4 Å². The van der Waals surface area contributed by atoms with Crippen LogP contribution >= 0.6 is 39.1 Å². The molecule has 2 nitrogen and oxygen atoms in total. The van der Waals surface area contributed by atoms with Gasteiger partial charge in [-0.2, -0.15) is 0 Å². The van der Waals surface area contributed by atoms with E-state index in [9.17, 15) is 0 Å². The minimum absolute atomic E-state index is 0.0184. The topological polar surface area (TPSA) is 21.3 Å². The van der Waals surface area contributed by atoms with Crippen LogP contribution < -0.4 is 10.1 Å². The minimum atomic E-state index is 0.0184. The SMILES string of the molecule is CCOc1ccc(C(NC)c2ccc(Cl)c(Cl)c2)c(Br)c1. The molecule has 2 rings (SSSR count).